The molecule has 546 valence electrons. The van der Waals surface area contributed by atoms with Crippen LogP contribution in [0.3, 0.4) is 0 Å². The van der Waals surface area contributed by atoms with Crippen molar-refractivity contribution < 1.29 is 80.2 Å². The summed E-state index contributed by atoms with van der Waals surface area (Å²) in [5.74, 6) is 0.837. The van der Waals surface area contributed by atoms with Crippen molar-refractivity contribution in [2.24, 2.45) is 23.7 Å². The van der Waals surface area contributed by atoms with Crippen LogP contribution in [0.4, 0.5) is 0 Å². The van der Waals surface area contributed by atoms with Gasteiger partial charge in [0, 0.05) is 25.7 Å². The fraction of sp³-hybridized carbons (Fsp3) is 0.945. The zero-order valence-electron chi connectivity index (χ0n) is 60.2. The second kappa shape index (κ2) is 62.6. The Balaban J connectivity index is 5.17. The van der Waals surface area contributed by atoms with Crippen LogP contribution in [0.5, 0.6) is 0 Å². The SMILES string of the molecule is CCC(C)CCCCCCCCC(=O)OC[C@H](COP(=O)(O)OC[C@H](O)COP(=O)(O)OC[C@@H](COC(=O)CCCCCCCCC(C)C)OC(=O)CCCCCCCCCCCC(C)C)OC(=O)CCCCCCCCCCCCCCCCCCCCC(C)C. The van der Waals surface area contributed by atoms with E-state index in [1.807, 2.05) is 0 Å². The molecule has 0 aromatic heterocycles. The van der Waals surface area contributed by atoms with Crippen molar-refractivity contribution in [3.63, 3.8) is 0 Å². The maximum absolute atomic E-state index is 13.0. The molecule has 0 fully saturated rings. The molecule has 0 amide bonds. The van der Waals surface area contributed by atoms with E-state index in [-0.39, 0.29) is 25.7 Å². The van der Waals surface area contributed by atoms with Crippen LogP contribution in [0.2, 0.25) is 0 Å². The number of hydrogen-bond donors (Lipinski definition) is 3. The molecule has 6 atom stereocenters. The Morgan fingerprint density at radius 2 is 0.522 bits per heavy atom. The molecule has 0 rings (SSSR count). The van der Waals surface area contributed by atoms with Crippen molar-refractivity contribution in [2.45, 2.75) is 382 Å². The molecule has 0 spiro atoms. The van der Waals surface area contributed by atoms with Gasteiger partial charge in [0.2, 0.25) is 0 Å². The third-order valence-corrected chi connectivity index (χ3v) is 19.1. The Morgan fingerprint density at radius 3 is 0.772 bits per heavy atom. The number of aliphatic hydroxyl groups excluding tert-OH is 1. The van der Waals surface area contributed by atoms with Gasteiger partial charge in [-0.3, -0.25) is 37.3 Å². The number of carbonyl (C=O) groups is 4. The predicted molar refractivity (Wildman–Crippen MR) is 372 cm³/mol. The van der Waals surface area contributed by atoms with Gasteiger partial charge in [0.15, 0.2) is 12.2 Å². The van der Waals surface area contributed by atoms with Crippen LogP contribution in [0, 0.1) is 23.7 Å². The molecule has 3 unspecified atom stereocenters. The molecule has 3 N–H and O–H groups in total. The second-order valence-electron chi connectivity index (χ2n) is 28.0. The van der Waals surface area contributed by atoms with Gasteiger partial charge in [0.25, 0.3) is 0 Å². The molecule has 92 heavy (non-hydrogen) atoms. The molecule has 0 heterocycles. The molecular formula is C73H142O17P2. The third-order valence-electron chi connectivity index (χ3n) is 17.2. The Kier molecular flexibility index (Phi) is 61.3. The van der Waals surface area contributed by atoms with Gasteiger partial charge in [0.1, 0.15) is 19.3 Å². The first-order chi connectivity index (χ1) is 44.1. The van der Waals surface area contributed by atoms with Gasteiger partial charge in [-0.1, -0.05) is 312 Å². The van der Waals surface area contributed by atoms with E-state index in [0.717, 1.165) is 120 Å². The predicted octanol–water partition coefficient (Wildman–Crippen LogP) is 20.9. The number of ether oxygens (including phenoxy) is 4. The highest BCUT2D eigenvalue weighted by molar-refractivity contribution is 7.47. The van der Waals surface area contributed by atoms with Gasteiger partial charge in [-0.05, 0) is 49.4 Å². The average Bonchev–Trinajstić information content (AvgIpc) is 2.29. The minimum absolute atomic E-state index is 0.104. The summed E-state index contributed by atoms with van der Waals surface area (Å²) in [6.07, 6.45) is 46.2. The lowest BCUT2D eigenvalue weighted by Gasteiger charge is -2.21. The minimum atomic E-state index is -4.95. The smallest absolute Gasteiger partial charge is 0.462 e. The summed E-state index contributed by atoms with van der Waals surface area (Å²) in [4.78, 5) is 72.6. The number of carbonyl (C=O) groups excluding carboxylic acids is 4. The monoisotopic (exact) mass is 1350 g/mol. The zero-order valence-corrected chi connectivity index (χ0v) is 62.0. The number of aliphatic hydroxyl groups is 1. The Labute approximate surface area is 562 Å². The van der Waals surface area contributed by atoms with E-state index in [0.29, 0.717) is 31.6 Å². The number of phosphoric ester groups is 2. The van der Waals surface area contributed by atoms with Gasteiger partial charge in [-0.2, -0.15) is 0 Å². The number of unbranched alkanes of at least 4 members (excludes halogenated alkanes) is 35. The topological polar surface area (TPSA) is 237 Å². The van der Waals surface area contributed by atoms with E-state index in [2.05, 4.69) is 55.4 Å². The second-order valence-corrected chi connectivity index (χ2v) is 30.9. The first-order valence-electron chi connectivity index (χ1n) is 37.7. The van der Waals surface area contributed by atoms with E-state index in [4.69, 9.17) is 37.0 Å². The summed E-state index contributed by atoms with van der Waals surface area (Å²) >= 11 is 0. The van der Waals surface area contributed by atoms with E-state index in [1.165, 1.54) is 154 Å². The summed E-state index contributed by atoms with van der Waals surface area (Å²) in [7, 11) is -9.90. The van der Waals surface area contributed by atoms with E-state index < -0.39 is 97.5 Å². The van der Waals surface area contributed by atoms with Crippen LogP contribution in [0.25, 0.3) is 0 Å². The van der Waals surface area contributed by atoms with E-state index >= 15 is 0 Å². The molecule has 0 aliphatic carbocycles. The molecule has 19 heteroatoms. The van der Waals surface area contributed by atoms with Crippen molar-refractivity contribution in [1.82, 2.24) is 0 Å². The first kappa shape index (κ1) is 90.1. The van der Waals surface area contributed by atoms with Crippen LogP contribution < -0.4 is 0 Å². The summed E-state index contributed by atoms with van der Waals surface area (Å²) in [5, 5.41) is 10.6. The minimum Gasteiger partial charge on any atom is -0.462 e. The molecule has 0 saturated heterocycles. The lowest BCUT2D eigenvalue weighted by Crippen LogP contribution is -2.30. The van der Waals surface area contributed by atoms with Crippen molar-refractivity contribution in [2.75, 3.05) is 39.6 Å². The van der Waals surface area contributed by atoms with Crippen molar-refractivity contribution >= 4 is 39.5 Å². The van der Waals surface area contributed by atoms with Crippen LogP contribution in [-0.2, 0) is 65.4 Å². The summed E-state index contributed by atoms with van der Waals surface area (Å²) in [6, 6.07) is 0. The third kappa shape index (κ3) is 65.4. The molecule has 0 aliphatic rings. The zero-order chi connectivity index (χ0) is 68.2. The Morgan fingerprint density at radius 1 is 0.304 bits per heavy atom. The van der Waals surface area contributed by atoms with Gasteiger partial charge < -0.3 is 33.8 Å². The molecule has 0 aliphatic heterocycles. The van der Waals surface area contributed by atoms with Gasteiger partial charge >= 0.3 is 39.5 Å². The maximum atomic E-state index is 13.0. The highest BCUT2D eigenvalue weighted by Crippen LogP contribution is 2.45. The summed E-state index contributed by atoms with van der Waals surface area (Å²) in [5.41, 5.74) is 0. The highest BCUT2D eigenvalue weighted by atomic mass is 31.2. The van der Waals surface area contributed by atoms with Crippen LogP contribution >= 0.6 is 15.6 Å². The van der Waals surface area contributed by atoms with Crippen molar-refractivity contribution in [3.8, 4) is 0 Å². The summed E-state index contributed by atoms with van der Waals surface area (Å²) < 4.78 is 68.3. The number of esters is 4. The van der Waals surface area contributed by atoms with E-state index in [9.17, 15) is 43.2 Å². The fourth-order valence-electron chi connectivity index (χ4n) is 11.0. The van der Waals surface area contributed by atoms with Crippen LogP contribution in [0.15, 0.2) is 0 Å². The molecule has 17 nitrogen and oxygen atoms in total. The number of rotatable bonds is 70. The normalized spacial score (nSPS) is 14.5. The number of hydrogen-bond acceptors (Lipinski definition) is 15. The van der Waals surface area contributed by atoms with E-state index in [1.54, 1.807) is 0 Å². The highest BCUT2D eigenvalue weighted by Gasteiger charge is 2.30. The molecular weight excluding hydrogens is 1210 g/mol. The summed E-state index contributed by atoms with van der Waals surface area (Å²) in [6.45, 7) is 14.1. The maximum Gasteiger partial charge on any atom is 0.472 e. The van der Waals surface area contributed by atoms with Gasteiger partial charge in [-0.25, -0.2) is 9.13 Å². The standard InChI is InChI=1S/C73H142O17P2/c1-9-66(8)52-44-36-30-32-38-46-54-71(76)84-60-69(89-72(77)55-47-39-27-23-19-17-15-13-11-10-12-14-16-18-21-25-33-41-49-63(2)3)62-88-92(81,82)86-58-67(74)57-85-91(79,80)87-61-68(59-83-70(75)53-45-37-31-29-35-43-51-65(6)7)90-73(78)56-48-40-28-24-20-22-26-34-42-50-64(4)5/h63-69,74H,9-62H2,1-8H3,(H,79,80)(H,81,82)/t66?,67-,68-,69-/m1/s1. The average molecular weight is 1350 g/mol. The quantitative estimate of drug-likeness (QED) is 0.0222. The van der Waals surface area contributed by atoms with Crippen molar-refractivity contribution in [1.29, 1.82) is 0 Å². The Bertz CT molecular complexity index is 1820. The first-order valence-corrected chi connectivity index (χ1v) is 40.7. The van der Waals surface area contributed by atoms with Crippen LogP contribution in [0.1, 0.15) is 364 Å². The van der Waals surface area contributed by atoms with Gasteiger partial charge in [-0.15, -0.1) is 0 Å². The fourth-order valence-corrected chi connectivity index (χ4v) is 12.6. The van der Waals surface area contributed by atoms with Crippen LogP contribution in [-0.4, -0.2) is 96.7 Å². The molecule has 0 radical (unpaired) electrons. The molecule has 0 aromatic carbocycles. The molecule has 0 bridgehead atoms. The van der Waals surface area contributed by atoms with Crippen molar-refractivity contribution in [3.05, 3.63) is 0 Å². The lowest BCUT2D eigenvalue weighted by atomic mass is 10.00. The lowest BCUT2D eigenvalue weighted by molar-refractivity contribution is -0.161. The van der Waals surface area contributed by atoms with Gasteiger partial charge in [0.05, 0.1) is 26.4 Å². The Hall–Kier alpha value is -1.94. The number of phosphoric acid groups is 2. The molecule has 0 saturated carbocycles. The molecule has 0 aromatic rings. The largest absolute Gasteiger partial charge is 0.472 e.